The van der Waals surface area contributed by atoms with Crippen molar-refractivity contribution in [3.63, 3.8) is 0 Å². The maximum absolute atomic E-state index is 11.7. The van der Waals surface area contributed by atoms with E-state index in [0.29, 0.717) is 29.4 Å². The molecular weight excluding hydrogens is 350 g/mol. The number of ether oxygens (including phenoxy) is 1. The number of anilines is 1. The average molecular weight is 367 g/mol. The molecule has 0 aliphatic rings. The molecule has 0 saturated carbocycles. The lowest BCUT2D eigenvalue weighted by molar-refractivity contribution is -0.145. The Morgan fingerprint density at radius 3 is 2.83 bits per heavy atom. The molecule has 0 fully saturated rings. The summed E-state index contributed by atoms with van der Waals surface area (Å²) in [5, 5.41) is 11.1. The van der Waals surface area contributed by atoms with E-state index < -0.39 is 0 Å². The van der Waals surface area contributed by atoms with Crippen molar-refractivity contribution >= 4 is 45.6 Å². The molecule has 128 valence electrons. The Bertz CT molecular complexity index is 697. The van der Waals surface area contributed by atoms with Gasteiger partial charge in [-0.15, -0.1) is 11.3 Å². The van der Waals surface area contributed by atoms with Crippen LogP contribution in [-0.4, -0.2) is 29.3 Å². The minimum Gasteiger partial charge on any atom is -0.459 e. The molecule has 9 heteroatoms. The topological polar surface area (TPSA) is 97.4 Å². The molecule has 0 spiro atoms. The zero-order valence-electron chi connectivity index (χ0n) is 13.0. The summed E-state index contributed by atoms with van der Waals surface area (Å²) in [6, 6.07) is 1.75. The fraction of sp³-hybridized carbons (Fsp3) is 0.333. The highest BCUT2D eigenvalue weighted by Crippen LogP contribution is 2.16. The van der Waals surface area contributed by atoms with Crippen LogP contribution in [0.1, 0.15) is 35.8 Å². The summed E-state index contributed by atoms with van der Waals surface area (Å²) in [5.74, 6) is -0.691. The number of hydrogen-bond acceptors (Lipinski definition) is 7. The number of amides is 2. The SMILES string of the molecule is CC(=O)Nc1nc(COC(=O)CCCNC(=O)c2ccsc2)cs1. The Labute approximate surface area is 147 Å². The third kappa shape index (κ3) is 6.09. The largest absolute Gasteiger partial charge is 0.459 e. The van der Waals surface area contributed by atoms with Gasteiger partial charge in [0, 0.05) is 36.2 Å². The number of aromatic nitrogens is 1. The fourth-order valence-electron chi connectivity index (χ4n) is 1.74. The molecule has 24 heavy (non-hydrogen) atoms. The molecule has 2 aromatic heterocycles. The second-order valence-corrected chi connectivity index (χ2v) is 6.50. The van der Waals surface area contributed by atoms with Crippen molar-refractivity contribution in [3.05, 3.63) is 33.5 Å². The lowest BCUT2D eigenvalue weighted by atomic mass is 10.3. The minimum atomic E-state index is -0.353. The highest BCUT2D eigenvalue weighted by Gasteiger charge is 2.08. The third-order valence-electron chi connectivity index (χ3n) is 2.84. The lowest BCUT2D eigenvalue weighted by Crippen LogP contribution is -2.24. The molecule has 0 aromatic carbocycles. The first-order valence-electron chi connectivity index (χ1n) is 7.22. The molecule has 0 aliphatic carbocycles. The van der Waals surface area contributed by atoms with Gasteiger partial charge in [-0.3, -0.25) is 14.4 Å². The van der Waals surface area contributed by atoms with E-state index >= 15 is 0 Å². The summed E-state index contributed by atoms with van der Waals surface area (Å²) in [7, 11) is 0. The van der Waals surface area contributed by atoms with E-state index in [2.05, 4.69) is 15.6 Å². The molecule has 0 radical (unpaired) electrons. The van der Waals surface area contributed by atoms with E-state index in [1.54, 1.807) is 16.8 Å². The van der Waals surface area contributed by atoms with E-state index in [1.807, 2.05) is 5.38 Å². The van der Waals surface area contributed by atoms with Gasteiger partial charge in [-0.1, -0.05) is 0 Å². The van der Waals surface area contributed by atoms with E-state index in [-0.39, 0.29) is 30.8 Å². The number of nitrogens with one attached hydrogen (secondary N) is 2. The van der Waals surface area contributed by atoms with Gasteiger partial charge < -0.3 is 15.4 Å². The Morgan fingerprint density at radius 2 is 2.12 bits per heavy atom. The number of nitrogens with zero attached hydrogens (tertiary/aromatic N) is 1. The van der Waals surface area contributed by atoms with Gasteiger partial charge in [0.15, 0.2) is 5.13 Å². The van der Waals surface area contributed by atoms with Gasteiger partial charge in [0.2, 0.25) is 5.91 Å². The van der Waals surface area contributed by atoms with Crippen LogP contribution in [0, 0.1) is 0 Å². The van der Waals surface area contributed by atoms with Crippen LogP contribution in [0.25, 0.3) is 0 Å². The normalized spacial score (nSPS) is 10.2. The molecule has 0 bridgehead atoms. The molecule has 0 saturated heterocycles. The molecule has 0 aliphatic heterocycles. The summed E-state index contributed by atoms with van der Waals surface area (Å²) >= 11 is 2.73. The number of esters is 1. The van der Waals surface area contributed by atoms with Crippen LogP contribution in [0.3, 0.4) is 0 Å². The monoisotopic (exact) mass is 367 g/mol. The Kier molecular flexibility index (Phi) is 6.89. The van der Waals surface area contributed by atoms with Crippen molar-refractivity contribution < 1.29 is 19.1 Å². The highest BCUT2D eigenvalue weighted by molar-refractivity contribution is 7.13. The van der Waals surface area contributed by atoms with Crippen LogP contribution in [-0.2, 0) is 20.9 Å². The summed E-state index contributed by atoms with van der Waals surface area (Å²) < 4.78 is 5.11. The first kappa shape index (κ1) is 18.1. The van der Waals surface area contributed by atoms with Gasteiger partial charge in [-0.25, -0.2) is 4.98 Å². The highest BCUT2D eigenvalue weighted by atomic mass is 32.1. The zero-order valence-corrected chi connectivity index (χ0v) is 14.7. The maximum atomic E-state index is 11.7. The summed E-state index contributed by atoms with van der Waals surface area (Å²) in [6.07, 6.45) is 0.718. The first-order chi connectivity index (χ1) is 11.5. The van der Waals surface area contributed by atoms with E-state index in [0.717, 1.165) is 0 Å². The Morgan fingerprint density at radius 1 is 1.29 bits per heavy atom. The maximum Gasteiger partial charge on any atom is 0.306 e. The molecule has 2 heterocycles. The van der Waals surface area contributed by atoms with Gasteiger partial charge in [-0.2, -0.15) is 11.3 Å². The summed E-state index contributed by atoms with van der Waals surface area (Å²) in [4.78, 5) is 38.4. The van der Waals surface area contributed by atoms with Crippen LogP contribution in [0.15, 0.2) is 22.2 Å². The van der Waals surface area contributed by atoms with E-state index in [9.17, 15) is 14.4 Å². The second-order valence-electron chi connectivity index (χ2n) is 4.86. The van der Waals surface area contributed by atoms with E-state index in [1.165, 1.54) is 29.6 Å². The van der Waals surface area contributed by atoms with Crippen LogP contribution < -0.4 is 10.6 Å². The fourth-order valence-corrected chi connectivity index (χ4v) is 3.12. The number of carbonyl (C=O) groups excluding carboxylic acids is 3. The predicted octanol–water partition coefficient (Wildman–Crippen LogP) is 2.42. The molecular formula is C15H17N3O4S2. The standard InChI is InChI=1S/C15H17N3O4S2/c1-10(19)17-15-18-12(9-24-15)7-22-13(20)3-2-5-16-14(21)11-4-6-23-8-11/h4,6,8-9H,2-3,5,7H2,1H3,(H,16,21)(H,17,18,19). The van der Waals surface area contributed by atoms with Crippen molar-refractivity contribution in [1.82, 2.24) is 10.3 Å². The number of hydrogen-bond donors (Lipinski definition) is 2. The van der Waals surface area contributed by atoms with Gasteiger partial charge in [0.25, 0.3) is 5.91 Å². The molecule has 2 amide bonds. The smallest absolute Gasteiger partial charge is 0.306 e. The summed E-state index contributed by atoms with van der Waals surface area (Å²) in [6.45, 7) is 1.88. The quantitative estimate of drug-likeness (QED) is 0.552. The lowest BCUT2D eigenvalue weighted by Gasteiger charge is -2.04. The summed E-state index contributed by atoms with van der Waals surface area (Å²) in [5.41, 5.74) is 1.21. The molecule has 7 nitrogen and oxygen atoms in total. The molecule has 0 atom stereocenters. The van der Waals surface area contributed by atoms with Crippen LogP contribution in [0.4, 0.5) is 5.13 Å². The number of thiophene rings is 1. The number of rotatable bonds is 8. The Hall–Kier alpha value is -2.26. The van der Waals surface area contributed by atoms with Gasteiger partial charge >= 0.3 is 5.97 Å². The second kappa shape index (κ2) is 9.14. The molecule has 2 rings (SSSR count). The Balaban J connectivity index is 1.60. The van der Waals surface area contributed by atoms with Crippen molar-refractivity contribution in [1.29, 1.82) is 0 Å². The van der Waals surface area contributed by atoms with Crippen LogP contribution >= 0.6 is 22.7 Å². The van der Waals surface area contributed by atoms with E-state index in [4.69, 9.17) is 4.74 Å². The number of thiazole rings is 1. The van der Waals surface area contributed by atoms with Crippen LogP contribution in [0.2, 0.25) is 0 Å². The van der Waals surface area contributed by atoms with Crippen molar-refractivity contribution in [2.24, 2.45) is 0 Å². The zero-order chi connectivity index (χ0) is 17.4. The predicted molar refractivity (Wildman–Crippen MR) is 92.1 cm³/mol. The third-order valence-corrected chi connectivity index (χ3v) is 4.33. The van der Waals surface area contributed by atoms with Crippen molar-refractivity contribution in [2.75, 3.05) is 11.9 Å². The molecule has 2 N–H and O–H groups in total. The molecule has 2 aromatic rings. The number of carbonyl (C=O) groups is 3. The van der Waals surface area contributed by atoms with Gasteiger partial charge in [-0.05, 0) is 17.9 Å². The van der Waals surface area contributed by atoms with Crippen molar-refractivity contribution in [2.45, 2.75) is 26.4 Å². The molecule has 0 unspecified atom stereocenters. The van der Waals surface area contributed by atoms with Crippen LogP contribution in [0.5, 0.6) is 0 Å². The van der Waals surface area contributed by atoms with Gasteiger partial charge in [0.1, 0.15) is 6.61 Å². The first-order valence-corrected chi connectivity index (χ1v) is 9.05. The average Bonchev–Trinajstić information content (AvgIpc) is 3.20. The van der Waals surface area contributed by atoms with Gasteiger partial charge in [0.05, 0.1) is 5.69 Å². The van der Waals surface area contributed by atoms with Crippen molar-refractivity contribution in [3.8, 4) is 0 Å². The minimum absolute atomic E-state index is 0.0657.